The number of hydrogen-bond acceptors (Lipinski definition) is 5. The van der Waals surface area contributed by atoms with Crippen LogP contribution in [0.3, 0.4) is 0 Å². The van der Waals surface area contributed by atoms with E-state index in [4.69, 9.17) is 0 Å². The lowest BCUT2D eigenvalue weighted by atomic mass is 10.3. The minimum absolute atomic E-state index is 0.0635. The van der Waals surface area contributed by atoms with E-state index in [2.05, 4.69) is 15.4 Å². The molecule has 9 heteroatoms. The van der Waals surface area contributed by atoms with Gasteiger partial charge < -0.3 is 9.88 Å². The third-order valence-corrected chi connectivity index (χ3v) is 4.56. The van der Waals surface area contributed by atoms with Gasteiger partial charge in [-0.1, -0.05) is 6.07 Å². The summed E-state index contributed by atoms with van der Waals surface area (Å²) >= 11 is 0. The van der Waals surface area contributed by atoms with E-state index < -0.39 is 0 Å². The third-order valence-electron chi connectivity index (χ3n) is 4.56. The number of aromatic nitrogens is 5. The Morgan fingerprint density at radius 1 is 1.18 bits per heavy atom. The number of hydrogen-bond donors (Lipinski definition) is 1. The van der Waals surface area contributed by atoms with E-state index in [1.54, 1.807) is 35.3 Å². The maximum Gasteiger partial charge on any atom is 0.346 e. The first kappa shape index (κ1) is 17.9. The Morgan fingerprint density at radius 2 is 2.04 bits per heavy atom. The van der Waals surface area contributed by atoms with Crippen molar-refractivity contribution >= 4 is 5.91 Å². The summed E-state index contributed by atoms with van der Waals surface area (Å²) < 4.78 is 4.40. The molecule has 3 aromatic heterocycles. The van der Waals surface area contributed by atoms with Gasteiger partial charge in [0, 0.05) is 42.8 Å². The quantitative estimate of drug-likeness (QED) is 0.640. The van der Waals surface area contributed by atoms with Gasteiger partial charge in [0.15, 0.2) is 5.82 Å². The second-order valence-corrected chi connectivity index (χ2v) is 6.69. The highest BCUT2D eigenvalue weighted by molar-refractivity contribution is 5.75. The van der Waals surface area contributed by atoms with Gasteiger partial charge in [-0.2, -0.15) is 0 Å². The number of nitrogens with one attached hydrogen (secondary N) is 1. The lowest BCUT2D eigenvalue weighted by molar-refractivity contribution is -0.121. The van der Waals surface area contributed by atoms with E-state index in [0.717, 1.165) is 18.4 Å². The topological polar surface area (TPSA) is 104 Å². The Labute approximate surface area is 160 Å². The van der Waals surface area contributed by atoms with Gasteiger partial charge in [0.25, 0.3) is 5.56 Å². The van der Waals surface area contributed by atoms with Crippen molar-refractivity contribution in [3.05, 3.63) is 69.8 Å². The molecule has 28 heavy (non-hydrogen) atoms. The zero-order valence-electron chi connectivity index (χ0n) is 15.2. The van der Waals surface area contributed by atoms with Crippen LogP contribution in [0.15, 0.2) is 58.5 Å². The van der Waals surface area contributed by atoms with Gasteiger partial charge in [0.1, 0.15) is 6.54 Å². The second kappa shape index (κ2) is 7.63. The fraction of sp³-hybridized carbons (Fsp3) is 0.316. The number of nitrogens with zero attached hydrogens (tertiary/aromatic N) is 5. The summed E-state index contributed by atoms with van der Waals surface area (Å²) in [5.74, 6) is 0.304. The van der Waals surface area contributed by atoms with Crippen LogP contribution >= 0.6 is 0 Å². The number of pyridine rings is 2. The fourth-order valence-corrected chi connectivity index (χ4v) is 3.02. The van der Waals surface area contributed by atoms with Crippen LogP contribution in [0.5, 0.6) is 0 Å². The minimum atomic E-state index is -0.296. The smallest absolute Gasteiger partial charge is 0.346 e. The molecule has 1 saturated carbocycles. The van der Waals surface area contributed by atoms with Gasteiger partial charge in [-0.15, -0.1) is 5.10 Å². The third kappa shape index (κ3) is 3.78. The van der Waals surface area contributed by atoms with Gasteiger partial charge in [-0.3, -0.25) is 19.1 Å². The summed E-state index contributed by atoms with van der Waals surface area (Å²) in [5.41, 5.74) is 0.366. The molecule has 0 radical (unpaired) electrons. The molecule has 9 nitrogen and oxygen atoms in total. The average molecular weight is 380 g/mol. The Kier molecular flexibility index (Phi) is 4.88. The van der Waals surface area contributed by atoms with Crippen molar-refractivity contribution in [3.63, 3.8) is 0 Å². The second-order valence-electron chi connectivity index (χ2n) is 6.69. The van der Waals surface area contributed by atoms with E-state index in [-0.39, 0.29) is 42.8 Å². The standard InChI is InChI=1S/C19H20N6O3/c26-16(13-23-10-2-1-5-17(23)27)21-9-11-24-19(28)25(15-6-7-15)18(22-24)14-4-3-8-20-12-14/h1-5,8,10,12,15H,6-7,9,11,13H2,(H,21,26). The summed E-state index contributed by atoms with van der Waals surface area (Å²) in [4.78, 5) is 40.6. The number of carbonyl (C=O) groups excluding carboxylic acids is 1. The predicted molar refractivity (Wildman–Crippen MR) is 102 cm³/mol. The minimum Gasteiger partial charge on any atom is -0.353 e. The maximum atomic E-state index is 12.7. The van der Waals surface area contributed by atoms with Gasteiger partial charge >= 0.3 is 5.69 Å². The molecule has 0 spiro atoms. The van der Waals surface area contributed by atoms with Crippen LogP contribution in [-0.2, 0) is 17.9 Å². The van der Waals surface area contributed by atoms with Crippen LogP contribution in [-0.4, -0.2) is 36.4 Å². The van der Waals surface area contributed by atoms with Crippen molar-refractivity contribution in [3.8, 4) is 11.4 Å². The molecular formula is C19H20N6O3. The van der Waals surface area contributed by atoms with Gasteiger partial charge in [-0.05, 0) is 31.0 Å². The maximum absolute atomic E-state index is 12.7. The monoisotopic (exact) mass is 380 g/mol. The summed E-state index contributed by atoms with van der Waals surface area (Å²) in [6.45, 7) is 0.432. The lowest BCUT2D eigenvalue weighted by Crippen LogP contribution is -2.35. The predicted octanol–water partition coefficient (Wildman–Crippen LogP) is 0.420. The molecule has 0 aromatic carbocycles. The first-order valence-corrected chi connectivity index (χ1v) is 9.15. The molecule has 0 unspecified atom stereocenters. The molecule has 0 bridgehead atoms. The van der Waals surface area contributed by atoms with Crippen LogP contribution in [0.1, 0.15) is 18.9 Å². The molecule has 1 fully saturated rings. The van der Waals surface area contributed by atoms with Crippen LogP contribution in [0.2, 0.25) is 0 Å². The molecule has 3 aromatic rings. The SMILES string of the molecule is O=C(Cn1ccccc1=O)NCCn1nc(-c2cccnc2)n(C2CC2)c1=O. The normalized spacial score (nSPS) is 13.4. The highest BCUT2D eigenvalue weighted by Crippen LogP contribution is 2.36. The van der Waals surface area contributed by atoms with E-state index in [1.165, 1.54) is 15.3 Å². The Bertz CT molecular complexity index is 1090. The van der Waals surface area contributed by atoms with Crippen molar-refractivity contribution < 1.29 is 4.79 Å². The molecule has 1 amide bonds. The lowest BCUT2D eigenvalue weighted by Gasteiger charge is -2.06. The zero-order valence-corrected chi connectivity index (χ0v) is 15.2. The summed E-state index contributed by atoms with van der Waals surface area (Å²) in [5, 5.41) is 7.18. The van der Waals surface area contributed by atoms with Crippen molar-refractivity contribution in [1.29, 1.82) is 0 Å². The van der Waals surface area contributed by atoms with Crippen molar-refractivity contribution in [1.82, 2.24) is 29.2 Å². The molecular weight excluding hydrogens is 360 g/mol. The molecule has 0 atom stereocenters. The van der Waals surface area contributed by atoms with Crippen LogP contribution in [0.4, 0.5) is 0 Å². The molecule has 1 aliphatic rings. The van der Waals surface area contributed by atoms with E-state index in [1.807, 2.05) is 12.1 Å². The Balaban J connectivity index is 1.44. The molecule has 0 aliphatic heterocycles. The van der Waals surface area contributed by atoms with Crippen LogP contribution in [0, 0.1) is 0 Å². The van der Waals surface area contributed by atoms with Crippen molar-refractivity contribution in [2.45, 2.75) is 32.0 Å². The van der Waals surface area contributed by atoms with E-state index in [9.17, 15) is 14.4 Å². The largest absolute Gasteiger partial charge is 0.353 e. The number of amides is 1. The van der Waals surface area contributed by atoms with Crippen molar-refractivity contribution in [2.75, 3.05) is 6.54 Å². The van der Waals surface area contributed by atoms with Crippen LogP contribution in [0.25, 0.3) is 11.4 Å². The number of carbonyl (C=O) groups is 1. The highest BCUT2D eigenvalue weighted by atomic mass is 16.2. The molecule has 3 heterocycles. The van der Waals surface area contributed by atoms with E-state index >= 15 is 0 Å². The average Bonchev–Trinajstić information content (AvgIpc) is 3.48. The zero-order chi connectivity index (χ0) is 19.5. The molecule has 0 saturated heterocycles. The Morgan fingerprint density at radius 3 is 2.75 bits per heavy atom. The molecule has 144 valence electrons. The van der Waals surface area contributed by atoms with Crippen molar-refractivity contribution in [2.24, 2.45) is 0 Å². The Hall–Kier alpha value is -3.49. The summed E-state index contributed by atoms with van der Waals surface area (Å²) in [7, 11) is 0. The molecule has 4 rings (SSSR count). The van der Waals surface area contributed by atoms with E-state index in [0.29, 0.717) is 5.82 Å². The van der Waals surface area contributed by atoms with Crippen LogP contribution < -0.4 is 16.6 Å². The summed E-state index contributed by atoms with van der Waals surface area (Å²) in [6.07, 6.45) is 6.84. The van der Waals surface area contributed by atoms with Gasteiger partial charge in [-0.25, -0.2) is 9.48 Å². The van der Waals surface area contributed by atoms with Gasteiger partial charge in [0.2, 0.25) is 5.91 Å². The highest BCUT2D eigenvalue weighted by Gasteiger charge is 2.30. The number of rotatable bonds is 7. The molecule has 1 aliphatic carbocycles. The fourth-order valence-electron chi connectivity index (χ4n) is 3.02. The first-order chi connectivity index (χ1) is 13.6. The first-order valence-electron chi connectivity index (χ1n) is 9.15. The molecule has 1 N–H and O–H groups in total. The summed E-state index contributed by atoms with van der Waals surface area (Å²) in [6, 6.07) is 8.57. The van der Waals surface area contributed by atoms with Gasteiger partial charge in [0.05, 0.1) is 6.54 Å².